The zero-order valence-corrected chi connectivity index (χ0v) is 12.3. The number of rotatable bonds is 3. The Hall–Kier alpha value is -1.99. The fourth-order valence-electron chi connectivity index (χ4n) is 2.27. The van der Waals surface area contributed by atoms with E-state index in [1.54, 1.807) is 6.07 Å². The molecule has 3 rings (SSSR count). The Morgan fingerprint density at radius 2 is 2.15 bits per heavy atom. The summed E-state index contributed by atoms with van der Waals surface area (Å²) < 4.78 is 12.3. The van der Waals surface area contributed by atoms with Crippen LogP contribution in [0.3, 0.4) is 0 Å². The summed E-state index contributed by atoms with van der Waals surface area (Å²) in [6.07, 6.45) is 0. The molecule has 0 radical (unpaired) electrons. The zero-order chi connectivity index (χ0) is 13.9. The molecule has 0 spiro atoms. The smallest absolute Gasteiger partial charge is 0.137 e. The topological polar surface area (TPSA) is 42.2 Å². The highest BCUT2D eigenvalue weighted by Crippen LogP contribution is 2.34. The average molecular weight is 330 g/mol. The van der Waals surface area contributed by atoms with Gasteiger partial charge in [0, 0.05) is 10.0 Å². The molecule has 1 heterocycles. The van der Waals surface area contributed by atoms with Crippen molar-refractivity contribution in [1.82, 2.24) is 0 Å². The van der Waals surface area contributed by atoms with Gasteiger partial charge in [-0.15, -0.1) is 0 Å². The van der Waals surface area contributed by atoms with Crippen molar-refractivity contribution in [2.45, 2.75) is 5.92 Å². The van der Waals surface area contributed by atoms with Crippen LogP contribution in [0.15, 0.2) is 46.9 Å². The van der Waals surface area contributed by atoms with Gasteiger partial charge in [0.2, 0.25) is 0 Å². The normalized spacial score (nSPS) is 16.1. The van der Waals surface area contributed by atoms with Gasteiger partial charge >= 0.3 is 0 Å². The fourth-order valence-corrected chi connectivity index (χ4v) is 2.63. The Morgan fingerprint density at radius 1 is 1.30 bits per heavy atom. The molecule has 0 saturated heterocycles. The van der Waals surface area contributed by atoms with E-state index < -0.39 is 0 Å². The lowest BCUT2D eigenvalue weighted by Crippen LogP contribution is -2.12. The number of fused-ring (bicyclic) bond motifs is 1. The highest BCUT2D eigenvalue weighted by Gasteiger charge is 2.24. The number of halogens is 1. The summed E-state index contributed by atoms with van der Waals surface area (Å²) in [7, 11) is 0. The Balaban J connectivity index is 1.74. The van der Waals surface area contributed by atoms with Crippen molar-refractivity contribution < 1.29 is 9.47 Å². The first-order chi connectivity index (χ1) is 9.78. The van der Waals surface area contributed by atoms with Crippen molar-refractivity contribution in [2.75, 3.05) is 13.2 Å². The number of nitriles is 1. The van der Waals surface area contributed by atoms with Crippen molar-refractivity contribution in [2.24, 2.45) is 0 Å². The standard InChI is InChI=1S/C16H12BrNO2/c17-13-5-6-15(11(7-13)8-18)19-9-12-10-20-16-4-2-1-3-14(12)16/h1-7,12H,9-10H2. The van der Waals surface area contributed by atoms with Crippen LogP contribution in [0.25, 0.3) is 0 Å². The van der Waals surface area contributed by atoms with Gasteiger partial charge in [-0.1, -0.05) is 34.1 Å². The number of benzene rings is 2. The molecule has 0 aromatic heterocycles. The molecule has 20 heavy (non-hydrogen) atoms. The van der Waals surface area contributed by atoms with E-state index in [0.29, 0.717) is 24.5 Å². The van der Waals surface area contributed by atoms with Crippen LogP contribution in [0.2, 0.25) is 0 Å². The Kier molecular flexibility index (Phi) is 3.62. The fraction of sp³-hybridized carbons (Fsp3) is 0.188. The van der Waals surface area contributed by atoms with E-state index in [1.807, 2.05) is 30.3 Å². The Labute approximate surface area is 125 Å². The molecule has 100 valence electrons. The molecule has 1 atom stereocenters. The molecule has 1 aliphatic rings. The van der Waals surface area contributed by atoms with Crippen molar-refractivity contribution in [3.8, 4) is 17.6 Å². The van der Waals surface area contributed by atoms with Crippen LogP contribution in [0, 0.1) is 11.3 Å². The molecule has 0 aliphatic carbocycles. The van der Waals surface area contributed by atoms with E-state index in [0.717, 1.165) is 10.2 Å². The molecular formula is C16H12BrNO2. The van der Waals surface area contributed by atoms with Gasteiger partial charge in [0.1, 0.15) is 17.6 Å². The molecule has 2 aromatic carbocycles. The predicted molar refractivity (Wildman–Crippen MR) is 79.0 cm³/mol. The van der Waals surface area contributed by atoms with E-state index in [2.05, 4.69) is 28.1 Å². The summed E-state index contributed by atoms with van der Waals surface area (Å²) in [5.74, 6) is 1.75. The zero-order valence-electron chi connectivity index (χ0n) is 10.7. The minimum atomic E-state index is 0.210. The van der Waals surface area contributed by atoms with Crippen molar-refractivity contribution in [3.63, 3.8) is 0 Å². The third kappa shape index (κ3) is 2.50. The molecule has 4 heteroatoms. The number of hydrogen-bond acceptors (Lipinski definition) is 3. The summed E-state index contributed by atoms with van der Waals surface area (Å²) in [5.41, 5.74) is 1.70. The molecule has 1 aliphatic heterocycles. The van der Waals surface area contributed by atoms with Crippen LogP contribution in [-0.4, -0.2) is 13.2 Å². The molecule has 0 bridgehead atoms. The average Bonchev–Trinajstić information content (AvgIpc) is 2.89. The number of para-hydroxylation sites is 1. The molecule has 1 unspecified atom stereocenters. The summed E-state index contributed by atoms with van der Waals surface area (Å²) in [5, 5.41) is 9.12. The van der Waals surface area contributed by atoms with E-state index in [-0.39, 0.29) is 5.92 Å². The quantitative estimate of drug-likeness (QED) is 0.858. The lowest BCUT2D eigenvalue weighted by Gasteiger charge is -2.12. The second kappa shape index (κ2) is 5.56. The molecule has 2 aromatic rings. The molecule has 0 amide bonds. The van der Waals surface area contributed by atoms with Crippen LogP contribution in [0.5, 0.6) is 11.5 Å². The molecule has 0 saturated carbocycles. The Bertz CT molecular complexity index is 678. The lowest BCUT2D eigenvalue weighted by molar-refractivity contribution is 0.248. The maximum Gasteiger partial charge on any atom is 0.137 e. The monoisotopic (exact) mass is 329 g/mol. The number of nitrogens with zero attached hydrogens (tertiary/aromatic N) is 1. The van der Waals surface area contributed by atoms with Gasteiger partial charge in [-0.3, -0.25) is 0 Å². The van der Waals surface area contributed by atoms with Gasteiger partial charge in [-0.05, 0) is 24.3 Å². The molecule has 0 fully saturated rings. The van der Waals surface area contributed by atoms with Gasteiger partial charge in [-0.25, -0.2) is 0 Å². The van der Waals surface area contributed by atoms with Gasteiger partial charge in [0.25, 0.3) is 0 Å². The predicted octanol–water partition coefficient (Wildman–Crippen LogP) is 3.88. The van der Waals surface area contributed by atoms with Gasteiger partial charge in [-0.2, -0.15) is 5.26 Å². The largest absolute Gasteiger partial charge is 0.493 e. The summed E-state index contributed by atoms with van der Waals surface area (Å²) in [4.78, 5) is 0. The highest BCUT2D eigenvalue weighted by atomic mass is 79.9. The van der Waals surface area contributed by atoms with Crippen LogP contribution < -0.4 is 9.47 Å². The highest BCUT2D eigenvalue weighted by molar-refractivity contribution is 9.10. The Morgan fingerprint density at radius 3 is 3.00 bits per heavy atom. The van der Waals surface area contributed by atoms with Crippen molar-refractivity contribution >= 4 is 15.9 Å². The third-order valence-corrected chi connectivity index (χ3v) is 3.79. The maximum atomic E-state index is 9.12. The second-order valence-corrected chi connectivity index (χ2v) is 5.52. The second-order valence-electron chi connectivity index (χ2n) is 4.61. The van der Waals surface area contributed by atoms with E-state index >= 15 is 0 Å². The van der Waals surface area contributed by atoms with Gasteiger partial charge in [0.05, 0.1) is 24.7 Å². The summed E-state index contributed by atoms with van der Waals surface area (Å²) in [6, 6.07) is 15.6. The van der Waals surface area contributed by atoms with E-state index in [9.17, 15) is 0 Å². The third-order valence-electron chi connectivity index (χ3n) is 3.30. The molecule has 0 N–H and O–H groups in total. The van der Waals surface area contributed by atoms with Crippen LogP contribution in [0.4, 0.5) is 0 Å². The summed E-state index contributed by atoms with van der Waals surface area (Å²) in [6.45, 7) is 1.13. The van der Waals surface area contributed by atoms with E-state index in [1.165, 1.54) is 5.56 Å². The van der Waals surface area contributed by atoms with Gasteiger partial charge < -0.3 is 9.47 Å². The number of ether oxygens (including phenoxy) is 2. The van der Waals surface area contributed by atoms with Crippen molar-refractivity contribution in [3.05, 3.63) is 58.1 Å². The maximum absolute atomic E-state index is 9.12. The van der Waals surface area contributed by atoms with E-state index in [4.69, 9.17) is 14.7 Å². The lowest BCUT2D eigenvalue weighted by atomic mass is 10.0. The first-order valence-corrected chi connectivity index (χ1v) is 7.11. The minimum absolute atomic E-state index is 0.210. The first-order valence-electron chi connectivity index (χ1n) is 6.32. The van der Waals surface area contributed by atoms with Crippen LogP contribution in [0.1, 0.15) is 17.0 Å². The van der Waals surface area contributed by atoms with Crippen molar-refractivity contribution in [1.29, 1.82) is 5.26 Å². The molecule has 3 nitrogen and oxygen atoms in total. The minimum Gasteiger partial charge on any atom is -0.493 e. The SMILES string of the molecule is N#Cc1cc(Br)ccc1OCC1COc2ccccc21. The van der Waals surface area contributed by atoms with Gasteiger partial charge in [0.15, 0.2) is 0 Å². The molecular weight excluding hydrogens is 318 g/mol. The summed E-state index contributed by atoms with van der Waals surface area (Å²) >= 11 is 3.35. The number of hydrogen-bond donors (Lipinski definition) is 0. The van der Waals surface area contributed by atoms with Crippen LogP contribution >= 0.6 is 15.9 Å². The van der Waals surface area contributed by atoms with Crippen LogP contribution in [-0.2, 0) is 0 Å². The first kappa shape index (κ1) is 13.0.